The van der Waals surface area contributed by atoms with E-state index in [2.05, 4.69) is 4.98 Å². The number of Topliss-reactive ketones (excluding diaryl/α,β-unsaturated/α-hetero) is 1. The molecule has 1 rings (SSSR count). The van der Waals surface area contributed by atoms with Gasteiger partial charge >= 0.3 is 11.9 Å². The van der Waals surface area contributed by atoms with Crippen molar-refractivity contribution in [3.05, 3.63) is 29.6 Å². The van der Waals surface area contributed by atoms with Crippen LogP contribution in [0.4, 0.5) is 0 Å². The molecule has 0 aliphatic heterocycles. The third-order valence-corrected chi connectivity index (χ3v) is 2.54. The van der Waals surface area contributed by atoms with Crippen LogP contribution in [-0.2, 0) is 19.1 Å². The van der Waals surface area contributed by atoms with E-state index in [0.717, 1.165) is 0 Å². The minimum atomic E-state index is -1.22. The molecule has 0 bridgehead atoms. The zero-order valence-corrected chi connectivity index (χ0v) is 11.7. The van der Waals surface area contributed by atoms with Crippen molar-refractivity contribution >= 4 is 17.7 Å². The summed E-state index contributed by atoms with van der Waals surface area (Å²) in [5, 5.41) is 0. The van der Waals surface area contributed by atoms with Crippen molar-refractivity contribution in [2.24, 2.45) is 0 Å². The number of ether oxygens (including phenoxy) is 2. The molecule has 0 radical (unpaired) electrons. The predicted molar refractivity (Wildman–Crippen MR) is 70.2 cm³/mol. The molecule has 1 aromatic heterocycles. The normalized spacial score (nSPS) is 10.2. The Morgan fingerprint density at radius 2 is 1.65 bits per heavy atom. The number of carbonyl (C=O) groups excluding carboxylic acids is 3. The number of hydrogen-bond acceptors (Lipinski definition) is 6. The minimum absolute atomic E-state index is 0.147. The zero-order valence-electron chi connectivity index (χ0n) is 11.7. The monoisotopic (exact) mass is 279 g/mol. The van der Waals surface area contributed by atoms with Gasteiger partial charge in [0.15, 0.2) is 11.7 Å². The number of rotatable bonds is 6. The maximum Gasteiger partial charge on any atom is 0.324 e. The standard InChI is InChI=1S/C14H17NO5/c1-4-19-13(17)12(14(18)20-5-2)11-6-10(9(3)16)7-15-8-11/h6-8,12H,4-5H2,1-3H3. The van der Waals surface area contributed by atoms with Crippen LogP contribution in [0.2, 0.25) is 0 Å². The van der Waals surface area contributed by atoms with Gasteiger partial charge in [-0.05, 0) is 32.4 Å². The molecule has 0 saturated heterocycles. The van der Waals surface area contributed by atoms with Crippen LogP contribution in [0.5, 0.6) is 0 Å². The summed E-state index contributed by atoms with van der Waals surface area (Å²) in [5.74, 6) is -2.85. The molecule has 0 unspecified atom stereocenters. The fourth-order valence-electron chi connectivity index (χ4n) is 1.63. The van der Waals surface area contributed by atoms with E-state index in [1.165, 1.54) is 25.4 Å². The van der Waals surface area contributed by atoms with Crippen molar-refractivity contribution in [3.63, 3.8) is 0 Å². The highest BCUT2D eigenvalue weighted by atomic mass is 16.6. The maximum atomic E-state index is 11.9. The largest absolute Gasteiger partial charge is 0.465 e. The highest BCUT2D eigenvalue weighted by Gasteiger charge is 2.32. The van der Waals surface area contributed by atoms with Gasteiger partial charge < -0.3 is 9.47 Å². The van der Waals surface area contributed by atoms with Crippen molar-refractivity contribution in [1.82, 2.24) is 4.98 Å². The Labute approximate surface area is 117 Å². The lowest BCUT2D eigenvalue weighted by molar-refractivity contribution is -0.156. The number of nitrogens with zero attached hydrogens (tertiary/aromatic N) is 1. The van der Waals surface area contributed by atoms with E-state index in [1.54, 1.807) is 13.8 Å². The molecule has 0 aromatic carbocycles. The Morgan fingerprint density at radius 1 is 1.10 bits per heavy atom. The lowest BCUT2D eigenvalue weighted by Crippen LogP contribution is -2.26. The van der Waals surface area contributed by atoms with E-state index in [-0.39, 0.29) is 24.6 Å². The third-order valence-electron chi connectivity index (χ3n) is 2.54. The molecule has 0 spiro atoms. The van der Waals surface area contributed by atoms with E-state index in [4.69, 9.17) is 9.47 Å². The van der Waals surface area contributed by atoms with Crippen LogP contribution in [0.25, 0.3) is 0 Å². The summed E-state index contributed by atoms with van der Waals surface area (Å²) in [4.78, 5) is 39.0. The van der Waals surface area contributed by atoms with Crippen molar-refractivity contribution in [2.45, 2.75) is 26.7 Å². The number of esters is 2. The number of carbonyl (C=O) groups is 3. The maximum absolute atomic E-state index is 11.9. The van der Waals surface area contributed by atoms with Gasteiger partial charge in [0.05, 0.1) is 13.2 Å². The second kappa shape index (κ2) is 7.37. The van der Waals surface area contributed by atoms with Gasteiger partial charge in [-0.15, -0.1) is 0 Å². The summed E-state index contributed by atoms with van der Waals surface area (Å²) in [7, 11) is 0. The van der Waals surface area contributed by atoms with Crippen LogP contribution in [0.15, 0.2) is 18.5 Å². The highest BCUT2D eigenvalue weighted by molar-refractivity contribution is 6.01. The van der Waals surface area contributed by atoms with Crippen molar-refractivity contribution < 1.29 is 23.9 Å². The van der Waals surface area contributed by atoms with E-state index in [0.29, 0.717) is 5.56 Å². The molecule has 6 nitrogen and oxygen atoms in total. The Kier molecular flexibility index (Phi) is 5.83. The van der Waals surface area contributed by atoms with Crippen molar-refractivity contribution in [3.8, 4) is 0 Å². The molecule has 0 saturated carbocycles. The van der Waals surface area contributed by atoms with Crippen LogP contribution in [0.3, 0.4) is 0 Å². The number of ketones is 1. The first-order valence-corrected chi connectivity index (χ1v) is 6.30. The van der Waals surface area contributed by atoms with Gasteiger partial charge in [-0.1, -0.05) is 0 Å². The lowest BCUT2D eigenvalue weighted by Gasteiger charge is -2.14. The van der Waals surface area contributed by atoms with E-state index < -0.39 is 17.9 Å². The van der Waals surface area contributed by atoms with E-state index in [9.17, 15) is 14.4 Å². The average Bonchev–Trinajstić information content (AvgIpc) is 2.40. The van der Waals surface area contributed by atoms with Crippen LogP contribution in [-0.4, -0.2) is 35.9 Å². The second-order valence-corrected chi connectivity index (χ2v) is 4.00. The van der Waals surface area contributed by atoms with Crippen LogP contribution >= 0.6 is 0 Å². The Bertz CT molecular complexity index is 494. The molecule has 0 aliphatic rings. The first-order chi connectivity index (χ1) is 9.51. The lowest BCUT2D eigenvalue weighted by atomic mass is 9.99. The Balaban J connectivity index is 3.15. The van der Waals surface area contributed by atoms with Gasteiger partial charge in [0.1, 0.15) is 0 Å². The van der Waals surface area contributed by atoms with Crippen LogP contribution in [0.1, 0.15) is 42.6 Å². The molecule has 20 heavy (non-hydrogen) atoms. The molecule has 6 heteroatoms. The Morgan fingerprint density at radius 3 is 2.10 bits per heavy atom. The molecule has 0 atom stereocenters. The molecule has 0 aliphatic carbocycles. The Hall–Kier alpha value is -2.24. The fourth-order valence-corrected chi connectivity index (χ4v) is 1.63. The first-order valence-electron chi connectivity index (χ1n) is 6.30. The average molecular weight is 279 g/mol. The highest BCUT2D eigenvalue weighted by Crippen LogP contribution is 2.20. The summed E-state index contributed by atoms with van der Waals surface area (Å²) in [6.07, 6.45) is 2.73. The first kappa shape index (κ1) is 15.8. The fraction of sp³-hybridized carbons (Fsp3) is 0.429. The van der Waals surface area contributed by atoms with Crippen molar-refractivity contribution in [2.75, 3.05) is 13.2 Å². The van der Waals surface area contributed by atoms with Gasteiger partial charge in [0.2, 0.25) is 0 Å². The molecule has 0 fully saturated rings. The van der Waals surface area contributed by atoms with Gasteiger partial charge in [0.25, 0.3) is 0 Å². The molecule has 0 amide bonds. The van der Waals surface area contributed by atoms with E-state index >= 15 is 0 Å². The quantitative estimate of drug-likeness (QED) is 0.446. The van der Waals surface area contributed by atoms with Gasteiger partial charge in [-0.2, -0.15) is 0 Å². The summed E-state index contributed by atoms with van der Waals surface area (Å²) in [6, 6.07) is 1.45. The van der Waals surface area contributed by atoms with Crippen LogP contribution in [0, 0.1) is 0 Å². The summed E-state index contributed by atoms with van der Waals surface area (Å²) >= 11 is 0. The van der Waals surface area contributed by atoms with Crippen LogP contribution < -0.4 is 0 Å². The SMILES string of the molecule is CCOC(=O)C(C(=O)OCC)c1cncc(C(C)=O)c1. The number of pyridine rings is 1. The molecule has 1 aromatic rings. The molecular weight excluding hydrogens is 262 g/mol. The van der Waals surface area contributed by atoms with Gasteiger partial charge in [-0.3, -0.25) is 19.4 Å². The third kappa shape index (κ3) is 3.88. The number of hydrogen-bond donors (Lipinski definition) is 0. The van der Waals surface area contributed by atoms with Crippen molar-refractivity contribution in [1.29, 1.82) is 0 Å². The minimum Gasteiger partial charge on any atom is -0.465 e. The topological polar surface area (TPSA) is 82.6 Å². The summed E-state index contributed by atoms with van der Waals surface area (Å²) < 4.78 is 9.75. The second-order valence-electron chi connectivity index (χ2n) is 4.00. The summed E-state index contributed by atoms with van der Waals surface area (Å²) in [6.45, 7) is 4.96. The molecule has 0 N–H and O–H groups in total. The van der Waals surface area contributed by atoms with E-state index in [1.807, 2.05) is 0 Å². The number of aromatic nitrogens is 1. The molecular formula is C14H17NO5. The predicted octanol–water partition coefficient (Wildman–Crippen LogP) is 1.49. The molecule has 1 heterocycles. The molecule has 108 valence electrons. The van der Waals surface area contributed by atoms with Gasteiger partial charge in [0, 0.05) is 18.0 Å². The smallest absolute Gasteiger partial charge is 0.324 e. The zero-order chi connectivity index (χ0) is 15.1. The summed E-state index contributed by atoms with van der Waals surface area (Å²) in [5.41, 5.74) is 0.607. The van der Waals surface area contributed by atoms with Gasteiger partial charge in [-0.25, -0.2) is 0 Å².